The van der Waals surface area contributed by atoms with E-state index in [0.29, 0.717) is 23.1 Å². The molecule has 1 heterocycles. The molecule has 0 saturated heterocycles. The summed E-state index contributed by atoms with van der Waals surface area (Å²) in [5.41, 5.74) is 1.79. The summed E-state index contributed by atoms with van der Waals surface area (Å²) in [4.78, 5) is 0. The first kappa shape index (κ1) is 17.7. The average molecular weight is 469 g/mol. The molecule has 0 amide bonds. The van der Waals surface area contributed by atoms with Gasteiger partial charge < -0.3 is 9.47 Å². The smallest absolute Gasteiger partial charge is 0.174 e. The highest BCUT2D eigenvalue weighted by molar-refractivity contribution is 14.1. The van der Waals surface area contributed by atoms with Crippen molar-refractivity contribution in [3.8, 4) is 11.5 Å². The van der Waals surface area contributed by atoms with Gasteiger partial charge in [-0.2, -0.15) is 5.10 Å². The Bertz CT molecular complexity index is 884. The second-order valence-electron chi connectivity index (χ2n) is 5.00. The Hall–Kier alpha value is -2.13. The summed E-state index contributed by atoms with van der Waals surface area (Å²) in [6, 6.07) is 11.4. The zero-order chi connectivity index (χ0) is 17.6. The first-order valence-electron chi connectivity index (χ1n) is 7.30. The van der Waals surface area contributed by atoms with E-state index in [2.05, 4.69) is 37.9 Å². The summed E-state index contributed by atoms with van der Waals surface area (Å²) in [5.74, 6) is 1.30. The Kier molecular flexibility index (Phi) is 5.87. The number of ether oxygens (including phenoxy) is 2. The van der Waals surface area contributed by atoms with Gasteiger partial charge in [0.15, 0.2) is 11.5 Å². The van der Waals surface area contributed by atoms with Crippen LogP contribution in [0.15, 0.2) is 54.2 Å². The van der Waals surface area contributed by atoms with E-state index in [1.165, 1.54) is 17.3 Å². The van der Waals surface area contributed by atoms with Crippen molar-refractivity contribution in [1.29, 1.82) is 0 Å². The van der Waals surface area contributed by atoms with Crippen LogP contribution >= 0.6 is 34.2 Å². The molecule has 8 heteroatoms. The first-order chi connectivity index (χ1) is 12.2. The van der Waals surface area contributed by atoms with E-state index in [1.54, 1.807) is 13.3 Å². The van der Waals surface area contributed by atoms with Crippen LogP contribution in [0.25, 0.3) is 0 Å². The van der Waals surface area contributed by atoms with Gasteiger partial charge in [-0.05, 0) is 46.4 Å². The van der Waals surface area contributed by atoms with Gasteiger partial charge in [0.1, 0.15) is 19.3 Å². The summed E-state index contributed by atoms with van der Waals surface area (Å²) < 4.78 is 13.8. The second-order valence-corrected chi connectivity index (χ2v) is 6.57. The summed E-state index contributed by atoms with van der Waals surface area (Å²) in [5, 5.41) is 12.3. The van der Waals surface area contributed by atoms with Gasteiger partial charge in [-0.25, -0.2) is 4.68 Å². The molecule has 2 aromatic carbocycles. The van der Waals surface area contributed by atoms with Gasteiger partial charge in [-0.15, -0.1) is 10.2 Å². The van der Waals surface area contributed by atoms with Crippen molar-refractivity contribution in [3.05, 3.63) is 68.8 Å². The van der Waals surface area contributed by atoms with E-state index in [-0.39, 0.29) is 0 Å². The number of benzene rings is 2. The quantitative estimate of drug-likeness (QED) is 0.405. The number of aromatic nitrogens is 3. The van der Waals surface area contributed by atoms with Crippen molar-refractivity contribution >= 4 is 40.4 Å². The summed E-state index contributed by atoms with van der Waals surface area (Å²) in [6.07, 6.45) is 4.73. The van der Waals surface area contributed by atoms with Crippen LogP contribution in [0.3, 0.4) is 0 Å². The maximum Gasteiger partial charge on any atom is 0.174 e. The van der Waals surface area contributed by atoms with E-state index in [0.717, 1.165) is 14.7 Å². The molecule has 0 aliphatic carbocycles. The molecule has 25 heavy (non-hydrogen) atoms. The van der Waals surface area contributed by atoms with Gasteiger partial charge in [0.05, 0.1) is 16.9 Å². The molecule has 0 atom stereocenters. The van der Waals surface area contributed by atoms with Crippen LogP contribution in [0.2, 0.25) is 5.02 Å². The van der Waals surface area contributed by atoms with Crippen LogP contribution in [-0.2, 0) is 6.61 Å². The molecular weight excluding hydrogens is 455 g/mol. The summed E-state index contributed by atoms with van der Waals surface area (Å²) in [7, 11) is 1.61. The Labute approximate surface area is 163 Å². The predicted molar refractivity (Wildman–Crippen MR) is 105 cm³/mol. The third-order valence-corrected chi connectivity index (χ3v) is 4.50. The summed E-state index contributed by atoms with van der Waals surface area (Å²) >= 11 is 8.38. The highest BCUT2D eigenvalue weighted by Crippen LogP contribution is 2.34. The lowest BCUT2D eigenvalue weighted by atomic mass is 10.2. The lowest BCUT2D eigenvalue weighted by molar-refractivity contribution is 0.282. The topological polar surface area (TPSA) is 61.5 Å². The fourth-order valence-electron chi connectivity index (χ4n) is 2.11. The molecule has 6 nitrogen and oxygen atoms in total. The Morgan fingerprint density at radius 3 is 2.72 bits per heavy atom. The number of nitrogens with zero attached hydrogens (tertiary/aromatic N) is 4. The highest BCUT2D eigenvalue weighted by atomic mass is 127. The molecule has 0 aliphatic rings. The fourth-order valence-corrected chi connectivity index (χ4v) is 3.08. The fraction of sp³-hybridized carbons (Fsp3) is 0.118. The molecule has 0 saturated carbocycles. The number of hydrogen-bond acceptors (Lipinski definition) is 5. The van der Waals surface area contributed by atoms with Crippen molar-refractivity contribution < 1.29 is 9.47 Å². The average Bonchev–Trinajstić information content (AvgIpc) is 3.13. The molecular formula is C17H14ClIN4O2. The SMILES string of the molecule is COc1cc(C=Nn2cnnc2)cc(I)c1OCc1ccccc1Cl. The minimum Gasteiger partial charge on any atom is -0.493 e. The zero-order valence-electron chi connectivity index (χ0n) is 13.3. The van der Waals surface area contributed by atoms with E-state index in [4.69, 9.17) is 21.1 Å². The minimum atomic E-state index is 0.361. The number of methoxy groups -OCH3 is 1. The maximum absolute atomic E-state index is 6.18. The Morgan fingerprint density at radius 2 is 2.00 bits per heavy atom. The molecule has 0 unspecified atom stereocenters. The molecule has 0 bridgehead atoms. The van der Waals surface area contributed by atoms with E-state index in [9.17, 15) is 0 Å². The minimum absolute atomic E-state index is 0.361. The maximum atomic E-state index is 6.18. The standard InChI is InChI=1S/C17H14ClIN4O2/c1-24-16-7-12(8-22-23-10-20-21-11-23)6-15(19)17(16)25-9-13-4-2-3-5-14(13)18/h2-8,10-11H,9H2,1H3. The second kappa shape index (κ2) is 8.30. The van der Waals surface area contributed by atoms with Gasteiger partial charge in [0.2, 0.25) is 0 Å². The van der Waals surface area contributed by atoms with Gasteiger partial charge >= 0.3 is 0 Å². The molecule has 0 fully saturated rings. The zero-order valence-corrected chi connectivity index (χ0v) is 16.2. The van der Waals surface area contributed by atoms with Crippen molar-refractivity contribution in [2.24, 2.45) is 5.10 Å². The molecule has 0 spiro atoms. The molecule has 0 N–H and O–H groups in total. The predicted octanol–water partition coefficient (Wildman–Crippen LogP) is 4.01. The lowest BCUT2D eigenvalue weighted by Crippen LogP contribution is -2.01. The number of rotatable bonds is 6. The van der Waals surface area contributed by atoms with Crippen LogP contribution in [0, 0.1) is 3.57 Å². The Morgan fingerprint density at radius 1 is 1.24 bits per heavy atom. The van der Waals surface area contributed by atoms with Crippen LogP contribution in [0.5, 0.6) is 11.5 Å². The van der Waals surface area contributed by atoms with E-state index < -0.39 is 0 Å². The van der Waals surface area contributed by atoms with Gasteiger partial charge in [-0.3, -0.25) is 0 Å². The summed E-state index contributed by atoms with van der Waals surface area (Å²) in [6.45, 7) is 0.361. The largest absolute Gasteiger partial charge is 0.493 e. The van der Waals surface area contributed by atoms with Crippen molar-refractivity contribution in [2.75, 3.05) is 7.11 Å². The van der Waals surface area contributed by atoms with Crippen molar-refractivity contribution in [1.82, 2.24) is 14.9 Å². The normalized spacial score (nSPS) is 11.0. The number of halogens is 2. The molecule has 3 rings (SSSR count). The van der Waals surface area contributed by atoms with Gasteiger partial charge in [0.25, 0.3) is 0 Å². The van der Waals surface area contributed by atoms with Gasteiger partial charge in [-0.1, -0.05) is 29.8 Å². The van der Waals surface area contributed by atoms with Crippen molar-refractivity contribution in [2.45, 2.75) is 6.61 Å². The lowest BCUT2D eigenvalue weighted by Gasteiger charge is -2.14. The molecule has 0 aliphatic heterocycles. The van der Waals surface area contributed by atoms with Crippen LogP contribution < -0.4 is 9.47 Å². The van der Waals surface area contributed by atoms with E-state index in [1.807, 2.05) is 36.4 Å². The van der Waals surface area contributed by atoms with E-state index >= 15 is 0 Å². The molecule has 0 radical (unpaired) electrons. The highest BCUT2D eigenvalue weighted by Gasteiger charge is 2.12. The first-order valence-corrected chi connectivity index (χ1v) is 8.76. The Balaban J connectivity index is 1.81. The van der Waals surface area contributed by atoms with Crippen LogP contribution in [-0.4, -0.2) is 28.2 Å². The molecule has 3 aromatic rings. The van der Waals surface area contributed by atoms with Crippen LogP contribution in [0.4, 0.5) is 0 Å². The number of hydrogen-bond donors (Lipinski definition) is 0. The third-order valence-electron chi connectivity index (χ3n) is 3.33. The van der Waals surface area contributed by atoms with Crippen molar-refractivity contribution in [3.63, 3.8) is 0 Å². The monoisotopic (exact) mass is 468 g/mol. The van der Waals surface area contributed by atoms with Crippen LogP contribution in [0.1, 0.15) is 11.1 Å². The molecule has 1 aromatic heterocycles. The van der Waals surface area contributed by atoms with Gasteiger partial charge in [0, 0.05) is 10.6 Å². The molecule has 128 valence electrons. The third kappa shape index (κ3) is 4.49.